The molecule has 5 rings (SSSR count). The average molecular weight is 612 g/mol. The van der Waals surface area contributed by atoms with E-state index in [9.17, 15) is 14.0 Å². The van der Waals surface area contributed by atoms with Crippen LogP contribution in [0.3, 0.4) is 0 Å². The van der Waals surface area contributed by atoms with Crippen LogP contribution in [0, 0.1) is 5.82 Å². The van der Waals surface area contributed by atoms with Gasteiger partial charge in [-0.2, -0.15) is 0 Å². The number of rotatable bonds is 15. The fourth-order valence-corrected chi connectivity index (χ4v) is 5.40. The maximum absolute atomic E-state index is 15.0. The SMILES string of the molecule is CNC(C)C(=O)NCCCCCCOc1ccc(Cc2nc3c(Cc4ccccc4)[nH]c(C4=CCCC=C4)cn-3c2=O)cc1F. The molecule has 236 valence electrons. The van der Waals surface area contributed by atoms with Crippen molar-refractivity contribution in [1.82, 2.24) is 25.2 Å². The number of carbonyl (C=O) groups is 1. The lowest BCUT2D eigenvalue weighted by molar-refractivity contribution is -0.122. The third-order valence-electron chi connectivity index (χ3n) is 8.10. The van der Waals surface area contributed by atoms with Crippen molar-refractivity contribution < 1.29 is 13.9 Å². The van der Waals surface area contributed by atoms with Gasteiger partial charge in [-0.1, -0.05) is 67.5 Å². The summed E-state index contributed by atoms with van der Waals surface area (Å²) >= 11 is 0. The number of ether oxygens (including phenoxy) is 1. The Morgan fingerprint density at radius 1 is 1.07 bits per heavy atom. The molecule has 1 aliphatic carbocycles. The molecule has 8 nitrogen and oxygen atoms in total. The fraction of sp³-hybridized carbons (Fsp3) is 0.361. The Kier molecular flexibility index (Phi) is 11.0. The van der Waals surface area contributed by atoms with Crippen LogP contribution in [0.1, 0.15) is 73.7 Å². The van der Waals surface area contributed by atoms with Crippen molar-refractivity contribution in [3.63, 3.8) is 0 Å². The Labute approximate surface area is 263 Å². The van der Waals surface area contributed by atoms with Gasteiger partial charge in [-0.3, -0.25) is 14.2 Å². The van der Waals surface area contributed by atoms with E-state index in [1.807, 2.05) is 31.3 Å². The van der Waals surface area contributed by atoms with Gasteiger partial charge in [0, 0.05) is 25.6 Å². The Bertz CT molecular complexity index is 1670. The van der Waals surface area contributed by atoms with Crippen LogP contribution in [0.5, 0.6) is 5.75 Å². The van der Waals surface area contributed by atoms with Crippen molar-refractivity contribution in [3.05, 3.63) is 117 Å². The number of unbranched alkanes of at least 4 members (excludes halogenated alkanes) is 3. The highest BCUT2D eigenvalue weighted by Crippen LogP contribution is 2.25. The summed E-state index contributed by atoms with van der Waals surface area (Å²) in [6.07, 6.45) is 14.5. The number of hydrogen-bond acceptors (Lipinski definition) is 5. The van der Waals surface area contributed by atoms with E-state index in [4.69, 9.17) is 9.72 Å². The molecular formula is C36H42FN5O3. The predicted octanol–water partition coefficient (Wildman–Crippen LogP) is 5.72. The topological polar surface area (TPSA) is 101 Å². The summed E-state index contributed by atoms with van der Waals surface area (Å²) in [5.74, 6) is 0.320. The molecular weight excluding hydrogens is 569 g/mol. The number of halogens is 1. The van der Waals surface area contributed by atoms with Gasteiger partial charge in [-0.15, -0.1) is 0 Å². The molecule has 1 amide bonds. The molecule has 0 aromatic heterocycles. The number of H-pyrrole nitrogens is 1. The molecule has 2 aromatic carbocycles. The van der Waals surface area contributed by atoms with Gasteiger partial charge in [0.1, 0.15) is 5.69 Å². The Balaban J connectivity index is 1.22. The minimum Gasteiger partial charge on any atom is -0.491 e. The number of fused-ring (bicyclic) bond motifs is 1. The highest BCUT2D eigenvalue weighted by Gasteiger charge is 2.21. The maximum atomic E-state index is 15.0. The first-order chi connectivity index (χ1) is 21.9. The predicted molar refractivity (Wildman–Crippen MR) is 176 cm³/mol. The Morgan fingerprint density at radius 2 is 1.89 bits per heavy atom. The smallest absolute Gasteiger partial charge is 0.278 e. The third-order valence-corrected chi connectivity index (χ3v) is 8.10. The van der Waals surface area contributed by atoms with Crippen molar-refractivity contribution in [1.29, 1.82) is 0 Å². The van der Waals surface area contributed by atoms with Crippen molar-refractivity contribution in [3.8, 4) is 11.6 Å². The van der Waals surface area contributed by atoms with Gasteiger partial charge in [0.15, 0.2) is 17.4 Å². The molecule has 0 fully saturated rings. The van der Waals surface area contributed by atoms with Crippen LogP contribution in [0.2, 0.25) is 0 Å². The second kappa shape index (κ2) is 15.5. The first kappa shape index (κ1) is 31.9. The molecule has 0 saturated heterocycles. The van der Waals surface area contributed by atoms with Crippen molar-refractivity contribution in [2.75, 3.05) is 20.2 Å². The van der Waals surface area contributed by atoms with E-state index in [-0.39, 0.29) is 29.7 Å². The van der Waals surface area contributed by atoms with E-state index in [0.717, 1.165) is 61.0 Å². The van der Waals surface area contributed by atoms with Crippen LogP contribution in [0.15, 0.2) is 77.8 Å². The molecule has 1 atom stereocenters. The lowest BCUT2D eigenvalue weighted by Crippen LogP contribution is -2.40. The van der Waals surface area contributed by atoms with Gasteiger partial charge < -0.3 is 20.4 Å². The first-order valence-corrected chi connectivity index (χ1v) is 15.8. The van der Waals surface area contributed by atoms with Crippen molar-refractivity contribution in [2.45, 2.75) is 64.3 Å². The summed E-state index contributed by atoms with van der Waals surface area (Å²) in [6, 6.07) is 14.7. The molecule has 0 spiro atoms. The van der Waals surface area contributed by atoms with E-state index >= 15 is 0 Å². The maximum Gasteiger partial charge on any atom is 0.278 e. The molecule has 3 N–H and O–H groups in total. The molecule has 1 unspecified atom stereocenters. The number of nitrogens with zero attached hydrogens (tertiary/aromatic N) is 2. The standard InChI is InChI=1S/C36H42FN5O3/c1-25(38-2)35(43)39-19-11-3-4-12-20-45-33-18-17-27(21-29(33)37)23-31-36(44)42-24-32(28-15-9-6-10-16-28)40-30(34(42)41-31)22-26-13-7-5-8-14-26/h5,7-9,13-18,21,24-25,38,40H,3-4,6,10-12,19-20,22-23H2,1-2H3,(H,39,43). The van der Waals surface area contributed by atoms with Gasteiger partial charge in [0.2, 0.25) is 5.91 Å². The first-order valence-electron chi connectivity index (χ1n) is 15.8. The van der Waals surface area contributed by atoms with Gasteiger partial charge in [-0.25, -0.2) is 9.37 Å². The van der Waals surface area contributed by atoms with Gasteiger partial charge in [0.05, 0.1) is 24.0 Å². The lowest BCUT2D eigenvalue weighted by Gasteiger charge is -2.15. The van der Waals surface area contributed by atoms with Gasteiger partial charge in [0.25, 0.3) is 5.56 Å². The molecule has 2 heterocycles. The number of carbonyl (C=O) groups excluding carboxylic acids is 1. The van der Waals surface area contributed by atoms with Crippen LogP contribution in [0.25, 0.3) is 11.4 Å². The molecule has 2 aromatic rings. The Hall–Kier alpha value is -4.50. The molecule has 3 aliphatic rings. The number of amides is 1. The van der Waals surface area contributed by atoms with Crippen LogP contribution in [-0.4, -0.2) is 46.7 Å². The summed E-state index contributed by atoms with van der Waals surface area (Å²) < 4.78 is 22.3. The number of hydrogen-bond donors (Lipinski definition) is 3. The molecule has 9 heteroatoms. The van der Waals surface area contributed by atoms with Crippen molar-refractivity contribution >= 4 is 11.5 Å². The number of aromatic nitrogens is 3. The van der Waals surface area contributed by atoms with E-state index in [1.165, 1.54) is 6.07 Å². The summed E-state index contributed by atoms with van der Waals surface area (Å²) in [5, 5.41) is 5.82. The van der Waals surface area contributed by atoms with E-state index in [1.54, 1.807) is 23.7 Å². The monoisotopic (exact) mass is 611 g/mol. The van der Waals surface area contributed by atoms with Gasteiger partial charge in [-0.05, 0) is 68.5 Å². The fourth-order valence-electron chi connectivity index (χ4n) is 5.40. The molecule has 0 saturated carbocycles. The number of nitrogens with one attached hydrogen (secondary N) is 3. The largest absolute Gasteiger partial charge is 0.491 e. The minimum absolute atomic E-state index is 0.00179. The normalized spacial score (nSPS) is 13.5. The minimum atomic E-state index is -0.457. The quantitative estimate of drug-likeness (QED) is 0.149. The summed E-state index contributed by atoms with van der Waals surface area (Å²) in [5.41, 5.74) is 4.70. The van der Waals surface area contributed by atoms with Gasteiger partial charge >= 0.3 is 0 Å². The highest BCUT2D eigenvalue weighted by molar-refractivity contribution is 5.81. The van der Waals surface area contributed by atoms with E-state index in [0.29, 0.717) is 36.6 Å². The summed E-state index contributed by atoms with van der Waals surface area (Å²) in [4.78, 5) is 33.6. The number of imidazole rings is 1. The number of allylic oxidation sites excluding steroid dienone is 4. The molecule has 45 heavy (non-hydrogen) atoms. The average Bonchev–Trinajstić information content (AvgIpc) is 3.38. The zero-order valence-electron chi connectivity index (χ0n) is 26.1. The number of aromatic amines is 1. The summed E-state index contributed by atoms with van der Waals surface area (Å²) in [6.45, 7) is 2.87. The van der Waals surface area contributed by atoms with E-state index < -0.39 is 5.82 Å². The second-order valence-electron chi connectivity index (χ2n) is 11.5. The van der Waals surface area contributed by atoms with E-state index in [2.05, 4.69) is 46.0 Å². The summed E-state index contributed by atoms with van der Waals surface area (Å²) in [7, 11) is 1.76. The zero-order valence-corrected chi connectivity index (χ0v) is 26.1. The van der Waals surface area contributed by atoms with Crippen LogP contribution in [0.4, 0.5) is 4.39 Å². The molecule has 0 radical (unpaired) electrons. The lowest BCUT2D eigenvalue weighted by atomic mass is 10.0. The highest BCUT2D eigenvalue weighted by atomic mass is 19.1. The Morgan fingerprint density at radius 3 is 2.64 bits per heavy atom. The third kappa shape index (κ3) is 8.36. The zero-order chi connectivity index (χ0) is 31.6. The van der Waals surface area contributed by atoms with Crippen molar-refractivity contribution in [2.24, 2.45) is 0 Å². The van der Waals surface area contributed by atoms with Crippen LogP contribution >= 0.6 is 0 Å². The second-order valence-corrected chi connectivity index (χ2v) is 11.5. The van der Waals surface area contributed by atoms with Crippen LogP contribution < -0.4 is 20.9 Å². The number of likely N-dealkylation sites (N-methyl/N-ethyl adjacent to an activating group) is 1. The number of benzene rings is 2. The van der Waals surface area contributed by atoms with Crippen LogP contribution in [-0.2, 0) is 17.6 Å². The molecule has 2 aliphatic heterocycles. The molecule has 0 bridgehead atoms.